The minimum atomic E-state index is -0.968. The lowest BCUT2D eigenvalue weighted by molar-refractivity contribution is -0.932. The molecule has 2 bridgehead atoms. The quantitative estimate of drug-likeness (QED) is 0.384. The van der Waals surface area contributed by atoms with Gasteiger partial charge in [0.25, 0.3) is 6.04 Å². The smallest absolute Gasteiger partial charge is 0.377 e. The normalized spacial score (nSPS) is 32.2. The topological polar surface area (TPSA) is 55.8 Å². The van der Waals surface area contributed by atoms with Crippen LogP contribution in [0.3, 0.4) is 0 Å². The molecule has 0 aliphatic heterocycles. The molecule has 0 spiro atoms. The highest BCUT2D eigenvalue weighted by Gasteiger charge is 2.73. The highest BCUT2D eigenvalue weighted by atomic mass is 16.6. The number of hydrogen-bond acceptors (Lipinski definition) is 5. The van der Waals surface area contributed by atoms with Crippen LogP contribution in [0.25, 0.3) is 0 Å². The highest BCUT2D eigenvalue weighted by molar-refractivity contribution is 5.97. The van der Waals surface area contributed by atoms with Crippen LogP contribution in [0.5, 0.6) is 0 Å². The average Bonchev–Trinajstić information content (AvgIpc) is 2.86. The Labute approximate surface area is 164 Å². The molecule has 2 aliphatic carbocycles. The highest BCUT2D eigenvalue weighted by Crippen LogP contribution is 2.68. The molecular formula is C21H39N2O4+. The molecule has 0 unspecified atom stereocenters. The minimum Gasteiger partial charge on any atom is -0.461 e. The van der Waals surface area contributed by atoms with Crippen molar-refractivity contribution in [3.8, 4) is 0 Å². The summed E-state index contributed by atoms with van der Waals surface area (Å²) in [6.07, 6.45) is 2.30. The molecule has 2 aliphatic rings. The predicted molar refractivity (Wildman–Crippen MR) is 105 cm³/mol. The van der Waals surface area contributed by atoms with Crippen molar-refractivity contribution >= 4 is 11.9 Å². The van der Waals surface area contributed by atoms with Crippen molar-refractivity contribution in [1.82, 2.24) is 4.90 Å². The number of likely N-dealkylation sites (N-methyl/N-ethyl adjacent to an activating group) is 2. The Morgan fingerprint density at radius 3 is 1.96 bits per heavy atom. The van der Waals surface area contributed by atoms with Crippen molar-refractivity contribution in [3.63, 3.8) is 0 Å². The van der Waals surface area contributed by atoms with Gasteiger partial charge >= 0.3 is 11.9 Å². The SMILES string of the molecule is CCOC(=O)C(C(=O)OCC)[N+](C)(C)[C@H]1[C@H](N(C)C)[C@@H]2CC[C@]1(C)C2(C)C. The number of carbonyl (C=O) groups excluding carboxylic acids is 2. The molecule has 4 atom stereocenters. The molecule has 0 aromatic carbocycles. The first-order valence-corrected chi connectivity index (χ1v) is 10.2. The van der Waals surface area contributed by atoms with E-state index in [-0.39, 0.29) is 34.6 Å². The minimum absolute atomic E-state index is 0.0212. The summed E-state index contributed by atoms with van der Waals surface area (Å²) < 4.78 is 10.9. The number of ether oxygens (including phenoxy) is 2. The fourth-order valence-electron chi connectivity index (χ4n) is 6.30. The Hall–Kier alpha value is -1.14. The zero-order chi connectivity index (χ0) is 20.8. The van der Waals surface area contributed by atoms with Crippen LogP contribution in [0.4, 0.5) is 0 Å². The van der Waals surface area contributed by atoms with Gasteiger partial charge in [-0.1, -0.05) is 20.8 Å². The lowest BCUT2D eigenvalue weighted by atomic mass is 9.68. The van der Waals surface area contributed by atoms with Crippen molar-refractivity contribution in [2.75, 3.05) is 41.4 Å². The van der Waals surface area contributed by atoms with Crippen LogP contribution in [-0.4, -0.2) is 80.9 Å². The van der Waals surface area contributed by atoms with E-state index < -0.39 is 18.0 Å². The van der Waals surface area contributed by atoms with Crippen molar-refractivity contribution < 1.29 is 23.5 Å². The molecule has 0 aromatic rings. The van der Waals surface area contributed by atoms with Crippen LogP contribution in [0.15, 0.2) is 0 Å². The molecule has 0 saturated heterocycles. The molecule has 0 N–H and O–H groups in total. The number of hydrogen-bond donors (Lipinski definition) is 0. The number of fused-ring (bicyclic) bond motifs is 2. The van der Waals surface area contributed by atoms with Crippen LogP contribution in [0.1, 0.15) is 47.5 Å². The van der Waals surface area contributed by atoms with Crippen molar-refractivity contribution in [1.29, 1.82) is 0 Å². The molecule has 0 aromatic heterocycles. The maximum atomic E-state index is 12.9. The lowest BCUT2D eigenvalue weighted by Gasteiger charge is -2.52. The van der Waals surface area contributed by atoms with E-state index in [2.05, 4.69) is 39.8 Å². The second kappa shape index (κ2) is 7.36. The second-order valence-corrected chi connectivity index (χ2v) is 9.72. The Balaban J connectivity index is 2.55. The Bertz CT molecular complexity index is 569. The van der Waals surface area contributed by atoms with E-state index in [1.54, 1.807) is 13.8 Å². The third kappa shape index (κ3) is 3.19. The number of nitrogens with zero attached hydrogens (tertiary/aromatic N) is 2. The summed E-state index contributed by atoms with van der Waals surface area (Å²) in [7, 11) is 8.23. The van der Waals surface area contributed by atoms with Gasteiger partial charge in [0.2, 0.25) is 0 Å². The Morgan fingerprint density at radius 1 is 1.07 bits per heavy atom. The number of rotatable bonds is 7. The van der Waals surface area contributed by atoms with Crippen LogP contribution in [0.2, 0.25) is 0 Å². The van der Waals surface area contributed by atoms with Gasteiger partial charge in [-0.05, 0) is 52.1 Å². The average molecular weight is 384 g/mol. The van der Waals surface area contributed by atoms with Crippen molar-refractivity contribution in [2.45, 2.75) is 65.6 Å². The van der Waals surface area contributed by atoms with Gasteiger partial charge in [0.05, 0.1) is 33.4 Å². The maximum absolute atomic E-state index is 12.9. The third-order valence-electron chi connectivity index (χ3n) is 7.76. The molecule has 0 radical (unpaired) electrons. The van der Waals surface area contributed by atoms with Crippen LogP contribution >= 0.6 is 0 Å². The van der Waals surface area contributed by atoms with Gasteiger partial charge in [0.15, 0.2) is 0 Å². The fraction of sp³-hybridized carbons (Fsp3) is 0.905. The largest absolute Gasteiger partial charge is 0.461 e. The lowest BCUT2D eigenvalue weighted by Crippen LogP contribution is -2.70. The predicted octanol–water partition coefficient (Wildman–Crippen LogP) is 2.31. The van der Waals surface area contributed by atoms with E-state index in [9.17, 15) is 9.59 Å². The first-order chi connectivity index (χ1) is 12.4. The fourth-order valence-corrected chi connectivity index (χ4v) is 6.30. The first-order valence-electron chi connectivity index (χ1n) is 10.2. The number of esters is 2. The van der Waals surface area contributed by atoms with Gasteiger partial charge in [0.1, 0.15) is 6.04 Å². The first kappa shape index (κ1) is 22.2. The standard InChI is InChI=1S/C21H39N2O4/c1-10-26-18(24)16(19(25)27-11-2)23(8,9)17-15(22(6)7)14-12-13-21(17,5)20(14,3)4/h14-17H,10-13H2,1-9H3/q+1/t14-,15+,17-,21-/m0/s1. The summed E-state index contributed by atoms with van der Waals surface area (Å²) in [5.41, 5.74) is 0.156. The summed E-state index contributed by atoms with van der Waals surface area (Å²) >= 11 is 0. The van der Waals surface area contributed by atoms with Crippen LogP contribution in [-0.2, 0) is 19.1 Å². The van der Waals surface area contributed by atoms with E-state index in [1.807, 2.05) is 14.1 Å². The van der Waals surface area contributed by atoms with E-state index in [1.165, 1.54) is 6.42 Å². The molecule has 6 heteroatoms. The van der Waals surface area contributed by atoms with E-state index in [0.29, 0.717) is 12.0 Å². The molecule has 2 saturated carbocycles. The van der Waals surface area contributed by atoms with Gasteiger partial charge in [-0.25, -0.2) is 9.59 Å². The summed E-state index contributed by atoms with van der Waals surface area (Å²) in [6, 6.07) is -0.551. The second-order valence-electron chi connectivity index (χ2n) is 9.72. The number of quaternary nitrogens is 1. The van der Waals surface area contributed by atoms with Crippen LogP contribution in [0, 0.1) is 16.7 Å². The summed E-state index contributed by atoms with van der Waals surface area (Å²) in [5, 5.41) is 0. The molecule has 0 amide bonds. The van der Waals surface area contributed by atoms with Gasteiger partial charge in [-0.3, -0.25) is 0 Å². The Kier molecular flexibility index (Phi) is 6.04. The third-order valence-corrected chi connectivity index (χ3v) is 7.76. The van der Waals surface area contributed by atoms with Crippen molar-refractivity contribution in [3.05, 3.63) is 0 Å². The summed E-state index contributed by atoms with van der Waals surface area (Å²) in [5.74, 6) is -0.435. The molecule has 156 valence electrons. The zero-order valence-electron chi connectivity index (χ0n) is 18.7. The molecule has 0 heterocycles. The van der Waals surface area contributed by atoms with E-state index in [0.717, 1.165) is 6.42 Å². The summed E-state index contributed by atoms with van der Waals surface area (Å²) in [6.45, 7) is 11.1. The molecular weight excluding hydrogens is 344 g/mol. The molecule has 2 rings (SSSR count). The monoisotopic (exact) mass is 383 g/mol. The van der Waals surface area contributed by atoms with E-state index in [4.69, 9.17) is 9.47 Å². The van der Waals surface area contributed by atoms with Gasteiger partial charge in [0, 0.05) is 5.41 Å². The molecule has 2 fully saturated rings. The van der Waals surface area contributed by atoms with Crippen LogP contribution < -0.4 is 0 Å². The van der Waals surface area contributed by atoms with E-state index >= 15 is 0 Å². The van der Waals surface area contributed by atoms with Gasteiger partial charge in [-0.2, -0.15) is 0 Å². The Morgan fingerprint density at radius 2 is 1.56 bits per heavy atom. The number of carbonyl (C=O) groups is 2. The zero-order valence-corrected chi connectivity index (χ0v) is 18.7. The molecule has 27 heavy (non-hydrogen) atoms. The van der Waals surface area contributed by atoms with Gasteiger partial charge < -0.3 is 18.9 Å². The molecule has 6 nitrogen and oxygen atoms in total. The van der Waals surface area contributed by atoms with Gasteiger partial charge in [-0.15, -0.1) is 0 Å². The van der Waals surface area contributed by atoms with Crippen molar-refractivity contribution in [2.24, 2.45) is 16.7 Å². The maximum Gasteiger partial charge on any atom is 0.377 e. The summed E-state index contributed by atoms with van der Waals surface area (Å²) in [4.78, 5) is 28.0.